The molecule has 0 unspecified atom stereocenters. The second-order valence-electron chi connectivity index (χ2n) is 7.18. The van der Waals surface area contributed by atoms with Gasteiger partial charge < -0.3 is 9.88 Å². The summed E-state index contributed by atoms with van der Waals surface area (Å²) in [7, 11) is 0. The molecular formula is C22H26N6OS2. The molecule has 0 aliphatic carbocycles. The number of thioether (sulfide) groups is 2. The van der Waals surface area contributed by atoms with Crippen molar-refractivity contribution < 1.29 is 4.79 Å². The third-order valence-corrected chi connectivity index (χ3v) is 6.20. The molecule has 0 aliphatic heterocycles. The molecule has 9 heteroatoms. The Labute approximate surface area is 191 Å². The molecule has 1 N–H and O–H groups in total. The molecule has 31 heavy (non-hydrogen) atoms. The van der Waals surface area contributed by atoms with Crippen molar-refractivity contribution in [2.24, 2.45) is 0 Å². The van der Waals surface area contributed by atoms with Crippen LogP contribution in [0.3, 0.4) is 0 Å². The van der Waals surface area contributed by atoms with E-state index < -0.39 is 0 Å². The zero-order chi connectivity index (χ0) is 22.4. The third kappa shape index (κ3) is 6.41. The highest BCUT2D eigenvalue weighted by atomic mass is 32.2. The minimum atomic E-state index is -0.0790. The van der Waals surface area contributed by atoms with Crippen LogP contribution in [0, 0.1) is 27.7 Å². The number of nitrogens with zero attached hydrogens (tertiary/aromatic N) is 5. The number of allylic oxidation sites excluding steroid dienone is 1. The van der Waals surface area contributed by atoms with E-state index in [9.17, 15) is 4.79 Å². The minimum absolute atomic E-state index is 0.0790. The van der Waals surface area contributed by atoms with E-state index in [1.807, 2.05) is 56.5 Å². The van der Waals surface area contributed by atoms with E-state index in [1.54, 1.807) is 6.08 Å². The predicted octanol–water partition coefficient (Wildman–Crippen LogP) is 4.51. The van der Waals surface area contributed by atoms with Crippen molar-refractivity contribution in [3.05, 3.63) is 65.3 Å². The summed E-state index contributed by atoms with van der Waals surface area (Å²) < 4.78 is 1.97. The van der Waals surface area contributed by atoms with Crippen LogP contribution in [0.2, 0.25) is 0 Å². The van der Waals surface area contributed by atoms with Gasteiger partial charge in [-0.05, 0) is 45.4 Å². The summed E-state index contributed by atoms with van der Waals surface area (Å²) in [5.74, 6) is 1.55. The Morgan fingerprint density at radius 3 is 2.52 bits per heavy atom. The molecule has 0 saturated heterocycles. The normalized spacial score (nSPS) is 10.8. The second-order valence-corrected chi connectivity index (χ2v) is 9.06. The Morgan fingerprint density at radius 1 is 1.10 bits per heavy atom. The van der Waals surface area contributed by atoms with Crippen molar-refractivity contribution in [1.82, 2.24) is 24.7 Å². The molecule has 162 valence electrons. The van der Waals surface area contributed by atoms with Crippen molar-refractivity contribution in [3.8, 4) is 0 Å². The van der Waals surface area contributed by atoms with Crippen molar-refractivity contribution >= 4 is 35.1 Å². The lowest BCUT2D eigenvalue weighted by Crippen LogP contribution is -2.15. The summed E-state index contributed by atoms with van der Waals surface area (Å²) >= 11 is 2.88. The van der Waals surface area contributed by atoms with E-state index in [1.165, 1.54) is 29.1 Å². The Balaban J connectivity index is 1.64. The first kappa shape index (κ1) is 23.0. The molecule has 2 aromatic heterocycles. The van der Waals surface area contributed by atoms with E-state index in [2.05, 4.69) is 32.1 Å². The fourth-order valence-corrected chi connectivity index (χ4v) is 4.66. The average molecular weight is 455 g/mol. The molecule has 2 heterocycles. The van der Waals surface area contributed by atoms with Crippen LogP contribution in [0.15, 0.2) is 47.2 Å². The molecule has 0 bridgehead atoms. The number of hydrogen-bond acceptors (Lipinski definition) is 7. The fourth-order valence-electron chi connectivity index (χ4n) is 3.00. The Bertz CT molecular complexity index is 1080. The standard InChI is InChI=1S/C22H26N6OS2/c1-6-9-28-19(12-30-21-23-16(4)11-17(5)24-21)26-27-22(28)31-13-20(29)25-18-8-7-14(2)10-15(18)3/h6-8,10-11H,1,9,12-13H2,2-5H3,(H,25,29). The maximum Gasteiger partial charge on any atom is 0.234 e. The largest absolute Gasteiger partial charge is 0.325 e. The first-order chi connectivity index (χ1) is 14.9. The number of carbonyl (C=O) groups is 1. The fraction of sp³-hybridized carbons (Fsp3) is 0.318. The molecule has 0 saturated carbocycles. The molecule has 0 spiro atoms. The van der Waals surface area contributed by atoms with Crippen LogP contribution in [0.5, 0.6) is 0 Å². The number of rotatable bonds is 9. The van der Waals surface area contributed by atoms with Gasteiger partial charge in [-0.25, -0.2) is 9.97 Å². The zero-order valence-corrected chi connectivity index (χ0v) is 19.8. The summed E-state index contributed by atoms with van der Waals surface area (Å²) in [4.78, 5) is 21.4. The SMILES string of the molecule is C=CCn1c(CSc2nc(C)cc(C)n2)nnc1SCC(=O)Nc1ccc(C)cc1C. The predicted molar refractivity (Wildman–Crippen MR) is 127 cm³/mol. The topological polar surface area (TPSA) is 85.6 Å². The number of aryl methyl sites for hydroxylation is 4. The number of carbonyl (C=O) groups excluding carboxylic acids is 1. The summed E-state index contributed by atoms with van der Waals surface area (Å²) in [5, 5.41) is 13.0. The van der Waals surface area contributed by atoms with E-state index >= 15 is 0 Å². The lowest BCUT2D eigenvalue weighted by Gasteiger charge is -2.10. The smallest absolute Gasteiger partial charge is 0.234 e. The zero-order valence-electron chi connectivity index (χ0n) is 18.2. The van der Waals surface area contributed by atoms with Gasteiger partial charge in [-0.1, -0.05) is 47.3 Å². The van der Waals surface area contributed by atoms with Crippen LogP contribution in [0.1, 0.15) is 28.3 Å². The molecule has 7 nitrogen and oxygen atoms in total. The molecule has 3 rings (SSSR count). The van der Waals surface area contributed by atoms with Gasteiger partial charge in [0.2, 0.25) is 5.91 Å². The van der Waals surface area contributed by atoms with Gasteiger partial charge in [0, 0.05) is 23.6 Å². The monoisotopic (exact) mass is 454 g/mol. The number of anilines is 1. The van der Waals surface area contributed by atoms with Crippen LogP contribution in [0.4, 0.5) is 5.69 Å². The molecule has 0 aliphatic rings. The number of amides is 1. The van der Waals surface area contributed by atoms with Crippen molar-refractivity contribution in [3.63, 3.8) is 0 Å². The Morgan fingerprint density at radius 2 is 1.84 bits per heavy atom. The average Bonchev–Trinajstić information content (AvgIpc) is 3.08. The molecule has 0 fully saturated rings. The van der Waals surface area contributed by atoms with Crippen molar-refractivity contribution in [1.29, 1.82) is 0 Å². The summed E-state index contributed by atoms with van der Waals surface area (Å²) in [6, 6.07) is 7.91. The number of benzene rings is 1. The van der Waals surface area contributed by atoms with Gasteiger partial charge >= 0.3 is 0 Å². The number of hydrogen-bond donors (Lipinski definition) is 1. The van der Waals surface area contributed by atoms with Crippen LogP contribution < -0.4 is 5.32 Å². The first-order valence-electron chi connectivity index (χ1n) is 9.83. The van der Waals surface area contributed by atoms with Gasteiger partial charge in [-0.2, -0.15) is 0 Å². The molecule has 1 aromatic carbocycles. The van der Waals surface area contributed by atoms with Gasteiger partial charge in [0.05, 0.1) is 11.5 Å². The van der Waals surface area contributed by atoms with Gasteiger partial charge in [-0.15, -0.1) is 16.8 Å². The quantitative estimate of drug-likeness (QED) is 0.289. The second kappa shape index (κ2) is 10.6. The van der Waals surface area contributed by atoms with Crippen LogP contribution in [-0.2, 0) is 17.1 Å². The van der Waals surface area contributed by atoms with Gasteiger partial charge in [0.25, 0.3) is 0 Å². The summed E-state index contributed by atoms with van der Waals surface area (Å²) in [6.45, 7) is 12.3. The molecular weight excluding hydrogens is 428 g/mol. The molecule has 1 amide bonds. The van der Waals surface area contributed by atoms with E-state index in [0.717, 1.165) is 28.5 Å². The number of nitrogens with one attached hydrogen (secondary N) is 1. The number of aromatic nitrogens is 5. The molecule has 3 aromatic rings. The third-order valence-electron chi connectivity index (χ3n) is 4.39. The Hall–Kier alpha value is -2.65. The highest BCUT2D eigenvalue weighted by Crippen LogP contribution is 2.24. The lowest BCUT2D eigenvalue weighted by atomic mass is 10.1. The van der Waals surface area contributed by atoms with Gasteiger partial charge in [0.1, 0.15) is 5.82 Å². The Kier molecular flexibility index (Phi) is 7.86. The van der Waals surface area contributed by atoms with E-state index in [0.29, 0.717) is 22.6 Å². The van der Waals surface area contributed by atoms with Crippen LogP contribution in [0.25, 0.3) is 0 Å². The summed E-state index contributed by atoms with van der Waals surface area (Å²) in [5.41, 5.74) is 4.91. The molecule has 0 atom stereocenters. The maximum atomic E-state index is 12.4. The van der Waals surface area contributed by atoms with Crippen molar-refractivity contribution in [2.75, 3.05) is 11.1 Å². The first-order valence-corrected chi connectivity index (χ1v) is 11.8. The van der Waals surface area contributed by atoms with Gasteiger partial charge in [0.15, 0.2) is 10.3 Å². The van der Waals surface area contributed by atoms with Gasteiger partial charge in [-0.3, -0.25) is 4.79 Å². The van der Waals surface area contributed by atoms with E-state index in [-0.39, 0.29) is 11.7 Å². The highest BCUT2D eigenvalue weighted by Gasteiger charge is 2.15. The summed E-state index contributed by atoms with van der Waals surface area (Å²) in [6.07, 6.45) is 1.80. The lowest BCUT2D eigenvalue weighted by molar-refractivity contribution is -0.113. The minimum Gasteiger partial charge on any atom is -0.325 e. The van der Waals surface area contributed by atoms with Crippen molar-refractivity contribution in [2.45, 2.75) is 50.3 Å². The van der Waals surface area contributed by atoms with Crippen LogP contribution >= 0.6 is 23.5 Å². The highest BCUT2D eigenvalue weighted by molar-refractivity contribution is 7.99. The maximum absolute atomic E-state index is 12.4. The van der Waals surface area contributed by atoms with E-state index in [4.69, 9.17) is 0 Å². The molecule has 0 radical (unpaired) electrons. The van der Waals surface area contributed by atoms with Crippen LogP contribution in [-0.4, -0.2) is 36.4 Å².